The Kier molecular flexibility index (Phi) is 3.95. The van der Waals surface area contributed by atoms with Gasteiger partial charge in [0.05, 0.1) is 6.04 Å². The maximum atomic E-state index is 13.5. The average Bonchev–Trinajstić information content (AvgIpc) is 3.36. The first kappa shape index (κ1) is 14.6. The van der Waals surface area contributed by atoms with Gasteiger partial charge in [0.1, 0.15) is 10.5 Å². The van der Waals surface area contributed by atoms with E-state index < -0.39 is 0 Å². The number of likely N-dealkylation sites (tertiary alicyclic amines) is 2. The molecule has 1 atom stereocenters. The van der Waals surface area contributed by atoms with Crippen LogP contribution in [0.4, 0.5) is 0 Å². The number of rotatable bonds is 3. The van der Waals surface area contributed by atoms with Gasteiger partial charge in [0.2, 0.25) is 5.91 Å². The minimum absolute atomic E-state index is 0.184. The number of nitrogens with zero attached hydrogens (tertiary/aromatic N) is 3. The third-order valence-electron chi connectivity index (χ3n) is 5.79. The fourth-order valence-corrected chi connectivity index (χ4v) is 5.49. The Morgan fingerprint density at radius 3 is 2.59 bits per heavy atom. The van der Waals surface area contributed by atoms with E-state index in [9.17, 15) is 4.79 Å². The van der Waals surface area contributed by atoms with E-state index >= 15 is 0 Å². The van der Waals surface area contributed by atoms with Crippen LogP contribution in [0.15, 0.2) is 11.6 Å². The lowest BCUT2D eigenvalue weighted by Crippen LogP contribution is -2.57. The molecular weight excluding hydrogens is 294 g/mol. The quantitative estimate of drug-likeness (QED) is 0.858. The molecule has 0 N–H and O–H groups in total. The zero-order valence-corrected chi connectivity index (χ0v) is 14.0. The lowest BCUT2D eigenvalue weighted by atomic mass is 9.93. The molecule has 3 heterocycles. The van der Waals surface area contributed by atoms with Crippen molar-refractivity contribution < 1.29 is 4.79 Å². The predicted octanol–water partition coefficient (Wildman–Crippen LogP) is 3.22. The van der Waals surface area contributed by atoms with Crippen molar-refractivity contribution in [3.8, 4) is 0 Å². The molecule has 3 fully saturated rings. The minimum Gasteiger partial charge on any atom is -0.332 e. The van der Waals surface area contributed by atoms with Gasteiger partial charge < -0.3 is 4.90 Å². The molecule has 0 radical (unpaired) electrons. The van der Waals surface area contributed by atoms with Crippen LogP contribution in [0.3, 0.4) is 0 Å². The Bertz CT molecular complexity index is 518. The summed E-state index contributed by atoms with van der Waals surface area (Å²) in [6, 6.07) is 0.229. The molecule has 1 aromatic rings. The highest BCUT2D eigenvalue weighted by molar-refractivity contribution is 7.09. The molecule has 0 unspecified atom stereocenters. The molecule has 22 heavy (non-hydrogen) atoms. The largest absolute Gasteiger partial charge is 0.332 e. The van der Waals surface area contributed by atoms with Crippen LogP contribution in [0.2, 0.25) is 0 Å². The molecular formula is C17H25N3OS. The number of carbonyl (C=O) groups excluding carboxylic acids is 1. The number of aromatic nitrogens is 1. The molecule has 0 spiro atoms. The van der Waals surface area contributed by atoms with E-state index in [1.165, 1.54) is 25.7 Å². The molecule has 1 aliphatic carbocycles. The van der Waals surface area contributed by atoms with E-state index in [2.05, 4.69) is 14.8 Å². The van der Waals surface area contributed by atoms with Crippen LogP contribution in [-0.2, 0) is 4.79 Å². The SMILES string of the molecule is O=C(N1CCC[C@@H]1c1nccs1)C1(N2CCCC2)CCCC1. The molecule has 0 aromatic carbocycles. The second-order valence-corrected chi connectivity index (χ2v) is 7.89. The Morgan fingerprint density at radius 1 is 1.14 bits per heavy atom. The molecule has 1 saturated carbocycles. The summed E-state index contributed by atoms with van der Waals surface area (Å²) in [6.45, 7) is 3.14. The number of carbonyl (C=O) groups is 1. The average molecular weight is 319 g/mol. The van der Waals surface area contributed by atoms with Crippen LogP contribution >= 0.6 is 11.3 Å². The van der Waals surface area contributed by atoms with E-state index in [0.717, 1.165) is 50.3 Å². The van der Waals surface area contributed by atoms with E-state index in [-0.39, 0.29) is 11.6 Å². The third kappa shape index (κ3) is 2.29. The Hall–Kier alpha value is -0.940. The van der Waals surface area contributed by atoms with Crippen molar-refractivity contribution in [1.29, 1.82) is 0 Å². The van der Waals surface area contributed by atoms with Crippen LogP contribution in [0.25, 0.3) is 0 Å². The second-order valence-electron chi connectivity index (χ2n) is 6.96. The maximum Gasteiger partial charge on any atom is 0.243 e. The summed E-state index contributed by atoms with van der Waals surface area (Å²) in [5, 5.41) is 3.16. The van der Waals surface area contributed by atoms with Gasteiger partial charge in [-0.2, -0.15) is 0 Å². The number of hydrogen-bond acceptors (Lipinski definition) is 4. The number of hydrogen-bond donors (Lipinski definition) is 0. The van der Waals surface area contributed by atoms with Crippen molar-refractivity contribution in [1.82, 2.24) is 14.8 Å². The van der Waals surface area contributed by atoms with Gasteiger partial charge in [-0.25, -0.2) is 4.98 Å². The van der Waals surface area contributed by atoms with Crippen molar-refractivity contribution >= 4 is 17.2 Å². The highest BCUT2D eigenvalue weighted by Crippen LogP contribution is 2.42. The second kappa shape index (κ2) is 5.93. The summed E-state index contributed by atoms with van der Waals surface area (Å²) in [7, 11) is 0. The summed E-state index contributed by atoms with van der Waals surface area (Å²) < 4.78 is 0. The van der Waals surface area contributed by atoms with Gasteiger partial charge in [-0.3, -0.25) is 9.69 Å². The van der Waals surface area contributed by atoms with E-state index in [1.807, 2.05) is 11.6 Å². The molecule has 0 bridgehead atoms. The summed E-state index contributed by atoms with van der Waals surface area (Å²) in [5.74, 6) is 0.407. The zero-order chi connectivity index (χ0) is 15.0. The number of thiazole rings is 1. The predicted molar refractivity (Wildman–Crippen MR) is 87.8 cm³/mol. The van der Waals surface area contributed by atoms with E-state index in [4.69, 9.17) is 0 Å². The topological polar surface area (TPSA) is 36.4 Å². The highest BCUT2D eigenvalue weighted by atomic mass is 32.1. The van der Waals surface area contributed by atoms with Gasteiger partial charge in [0, 0.05) is 18.1 Å². The third-order valence-corrected chi connectivity index (χ3v) is 6.67. The van der Waals surface area contributed by atoms with Crippen LogP contribution in [0.1, 0.15) is 62.4 Å². The smallest absolute Gasteiger partial charge is 0.243 e. The van der Waals surface area contributed by atoms with Gasteiger partial charge in [0.25, 0.3) is 0 Å². The van der Waals surface area contributed by atoms with Crippen molar-refractivity contribution in [3.05, 3.63) is 16.6 Å². The number of amides is 1. The first-order valence-corrected chi connectivity index (χ1v) is 9.65. The summed E-state index contributed by atoms with van der Waals surface area (Å²) >= 11 is 1.70. The minimum atomic E-state index is -0.184. The van der Waals surface area contributed by atoms with Crippen LogP contribution < -0.4 is 0 Å². The Morgan fingerprint density at radius 2 is 1.91 bits per heavy atom. The first-order chi connectivity index (χ1) is 10.8. The standard InChI is InChI=1S/C17H25N3OS/c21-16(17(7-1-2-8-17)19-10-3-4-11-19)20-12-5-6-14(20)15-18-9-13-22-15/h9,13-14H,1-8,10-12H2/t14-/m1/s1. The molecule has 3 aliphatic rings. The molecule has 2 aliphatic heterocycles. The highest BCUT2D eigenvalue weighted by Gasteiger charge is 2.50. The molecule has 1 aromatic heterocycles. The molecule has 120 valence electrons. The van der Waals surface area contributed by atoms with Crippen molar-refractivity contribution in [2.45, 2.75) is 62.9 Å². The van der Waals surface area contributed by atoms with Gasteiger partial charge in [-0.1, -0.05) is 12.8 Å². The molecule has 4 rings (SSSR count). The zero-order valence-electron chi connectivity index (χ0n) is 13.2. The molecule has 4 nitrogen and oxygen atoms in total. The summed E-state index contributed by atoms with van der Waals surface area (Å²) in [4.78, 5) is 22.7. The Balaban J connectivity index is 1.61. The van der Waals surface area contributed by atoms with Crippen LogP contribution in [0.5, 0.6) is 0 Å². The van der Waals surface area contributed by atoms with E-state index in [1.54, 1.807) is 11.3 Å². The lowest BCUT2D eigenvalue weighted by molar-refractivity contribution is -0.145. The summed E-state index contributed by atoms with van der Waals surface area (Å²) in [5.41, 5.74) is -0.184. The van der Waals surface area contributed by atoms with Gasteiger partial charge in [-0.05, 0) is 51.6 Å². The summed E-state index contributed by atoms with van der Waals surface area (Å²) in [6.07, 6.45) is 11.1. The Labute approximate surface area is 136 Å². The maximum absolute atomic E-state index is 13.5. The first-order valence-electron chi connectivity index (χ1n) is 8.77. The lowest BCUT2D eigenvalue weighted by Gasteiger charge is -2.41. The van der Waals surface area contributed by atoms with Crippen LogP contribution in [-0.4, -0.2) is 45.9 Å². The molecule has 1 amide bonds. The van der Waals surface area contributed by atoms with E-state index in [0.29, 0.717) is 5.91 Å². The molecule has 2 saturated heterocycles. The fourth-order valence-electron chi connectivity index (χ4n) is 4.70. The van der Waals surface area contributed by atoms with Gasteiger partial charge in [-0.15, -0.1) is 11.3 Å². The monoisotopic (exact) mass is 319 g/mol. The molecule has 5 heteroatoms. The van der Waals surface area contributed by atoms with Crippen molar-refractivity contribution in [2.75, 3.05) is 19.6 Å². The van der Waals surface area contributed by atoms with Gasteiger partial charge >= 0.3 is 0 Å². The van der Waals surface area contributed by atoms with Crippen molar-refractivity contribution in [2.24, 2.45) is 0 Å². The fraction of sp³-hybridized carbons (Fsp3) is 0.765. The van der Waals surface area contributed by atoms with Crippen molar-refractivity contribution in [3.63, 3.8) is 0 Å². The van der Waals surface area contributed by atoms with Crippen LogP contribution in [0, 0.1) is 0 Å². The normalized spacial score (nSPS) is 28.5. The van der Waals surface area contributed by atoms with Gasteiger partial charge in [0.15, 0.2) is 0 Å².